The van der Waals surface area contributed by atoms with Crippen LogP contribution in [0.2, 0.25) is 0 Å². The third-order valence-electron chi connectivity index (χ3n) is 2.61. The largest absolute Gasteiger partial charge is 0.453 e. The average Bonchev–Trinajstić information content (AvgIpc) is 2.16. The molecule has 0 aromatic carbocycles. The Morgan fingerprint density at radius 3 is 2.50 bits per heavy atom. The van der Waals surface area contributed by atoms with Gasteiger partial charge in [0.1, 0.15) is 0 Å². The Kier molecular flexibility index (Phi) is 6.66. The van der Waals surface area contributed by atoms with Crippen molar-refractivity contribution in [2.45, 2.75) is 31.7 Å². The fourth-order valence-corrected chi connectivity index (χ4v) is 1.69. The molecule has 0 aliphatic heterocycles. The zero-order valence-electron chi connectivity index (χ0n) is 8.49. The third kappa shape index (κ3) is 4.67. The van der Waals surface area contributed by atoms with E-state index in [0.29, 0.717) is 12.0 Å². The number of hydrogen-bond acceptors (Lipinski definition) is 3. The second kappa shape index (κ2) is 6.90. The van der Waals surface area contributed by atoms with Crippen LogP contribution in [-0.4, -0.2) is 25.8 Å². The molecule has 0 bridgehead atoms. The number of methoxy groups -OCH3 is 1. The normalized spacial score (nSPS) is 26.1. The zero-order valence-corrected chi connectivity index (χ0v) is 9.31. The first kappa shape index (κ1) is 13.5. The van der Waals surface area contributed by atoms with E-state index >= 15 is 0 Å². The summed E-state index contributed by atoms with van der Waals surface area (Å²) in [5.41, 5.74) is 5.77. The summed E-state index contributed by atoms with van der Waals surface area (Å²) >= 11 is 0. The second-order valence-corrected chi connectivity index (χ2v) is 3.65. The first-order valence-electron chi connectivity index (χ1n) is 4.79. The number of nitrogens with two attached hydrogens (primary N) is 1. The Morgan fingerprint density at radius 2 is 2.00 bits per heavy atom. The van der Waals surface area contributed by atoms with Crippen molar-refractivity contribution in [2.24, 2.45) is 11.7 Å². The average molecular weight is 223 g/mol. The Morgan fingerprint density at radius 1 is 1.43 bits per heavy atom. The van der Waals surface area contributed by atoms with E-state index in [1.165, 1.54) is 7.11 Å². The van der Waals surface area contributed by atoms with Crippen molar-refractivity contribution >= 4 is 18.5 Å². The van der Waals surface area contributed by atoms with Gasteiger partial charge in [-0.15, -0.1) is 12.4 Å². The zero-order chi connectivity index (χ0) is 9.68. The molecule has 1 saturated carbocycles. The van der Waals surface area contributed by atoms with E-state index in [1.54, 1.807) is 0 Å². The summed E-state index contributed by atoms with van der Waals surface area (Å²) in [6.07, 6.45) is 4.05. The highest BCUT2D eigenvalue weighted by atomic mass is 35.5. The molecule has 84 valence electrons. The monoisotopic (exact) mass is 222 g/mol. The van der Waals surface area contributed by atoms with Crippen LogP contribution in [0.25, 0.3) is 0 Å². The number of alkyl carbamates (subject to hydrolysis) is 1. The molecule has 0 aromatic heterocycles. The lowest BCUT2D eigenvalue weighted by molar-refractivity contribution is 0.167. The number of ether oxygens (including phenoxy) is 1. The minimum Gasteiger partial charge on any atom is -0.453 e. The second-order valence-electron chi connectivity index (χ2n) is 3.65. The van der Waals surface area contributed by atoms with E-state index in [1.807, 2.05) is 0 Å². The summed E-state index contributed by atoms with van der Waals surface area (Å²) in [6, 6.07) is 0.370. The van der Waals surface area contributed by atoms with Crippen molar-refractivity contribution in [1.82, 2.24) is 5.32 Å². The molecular weight excluding hydrogens is 204 g/mol. The van der Waals surface area contributed by atoms with Gasteiger partial charge in [-0.25, -0.2) is 4.79 Å². The maximum absolute atomic E-state index is 10.8. The molecule has 1 aliphatic rings. The fraction of sp³-hybridized carbons (Fsp3) is 0.889. The molecule has 0 aromatic rings. The molecule has 0 spiro atoms. The quantitative estimate of drug-likeness (QED) is 0.740. The number of carbonyl (C=O) groups is 1. The third-order valence-corrected chi connectivity index (χ3v) is 2.61. The molecule has 1 rings (SSSR count). The number of hydrogen-bond donors (Lipinski definition) is 2. The van der Waals surface area contributed by atoms with Crippen LogP contribution in [0.3, 0.4) is 0 Å². The topological polar surface area (TPSA) is 64.3 Å². The van der Waals surface area contributed by atoms with Crippen LogP contribution in [0.5, 0.6) is 0 Å². The minimum atomic E-state index is -0.338. The van der Waals surface area contributed by atoms with Gasteiger partial charge in [0, 0.05) is 12.6 Å². The van der Waals surface area contributed by atoms with E-state index in [-0.39, 0.29) is 18.5 Å². The number of nitrogens with one attached hydrogen (secondary N) is 1. The summed E-state index contributed by atoms with van der Waals surface area (Å²) in [5.74, 6) is 0.582. The maximum Gasteiger partial charge on any atom is 0.406 e. The van der Waals surface area contributed by atoms with Crippen LogP contribution < -0.4 is 11.1 Å². The Bertz CT molecular complexity index is 170. The van der Waals surface area contributed by atoms with Gasteiger partial charge in [-0.05, 0) is 31.6 Å². The lowest BCUT2D eigenvalue weighted by Gasteiger charge is -2.25. The molecule has 0 unspecified atom stereocenters. The van der Waals surface area contributed by atoms with Gasteiger partial charge < -0.3 is 15.8 Å². The van der Waals surface area contributed by atoms with Crippen molar-refractivity contribution in [3.05, 3.63) is 0 Å². The number of carbonyl (C=O) groups excluding carboxylic acids is 1. The molecule has 1 fully saturated rings. The van der Waals surface area contributed by atoms with Gasteiger partial charge in [0.2, 0.25) is 0 Å². The van der Waals surface area contributed by atoms with E-state index in [4.69, 9.17) is 5.73 Å². The molecule has 0 heterocycles. The number of rotatable bonds is 2. The Hall–Kier alpha value is -0.480. The van der Waals surface area contributed by atoms with Crippen molar-refractivity contribution in [3.8, 4) is 0 Å². The predicted molar refractivity (Wildman–Crippen MR) is 57.6 cm³/mol. The lowest BCUT2D eigenvalue weighted by atomic mass is 9.86. The molecule has 5 heteroatoms. The van der Waals surface area contributed by atoms with Crippen molar-refractivity contribution in [3.63, 3.8) is 0 Å². The standard InChI is InChI=1S/C9H18N2O2.ClH/c1-13-9(12)11-6-7-2-4-8(10)5-3-7;/h7-8H,2-6,10H2,1H3,(H,11,12);1H. The molecule has 1 aliphatic carbocycles. The highest BCUT2D eigenvalue weighted by Crippen LogP contribution is 2.22. The van der Waals surface area contributed by atoms with Crippen LogP contribution in [-0.2, 0) is 4.74 Å². The minimum absolute atomic E-state index is 0. The van der Waals surface area contributed by atoms with E-state index in [9.17, 15) is 4.79 Å². The fourth-order valence-electron chi connectivity index (χ4n) is 1.69. The van der Waals surface area contributed by atoms with Gasteiger partial charge in [0.15, 0.2) is 0 Å². The first-order valence-corrected chi connectivity index (χ1v) is 4.79. The van der Waals surface area contributed by atoms with Gasteiger partial charge in [0.25, 0.3) is 0 Å². The molecular formula is C9H19ClN2O2. The van der Waals surface area contributed by atoms with Crippen LogP contribution in [0, 0.1) is 5.92 Å². The number of halogens is 1. The van der Waals surface area contributed by atoms with E-state index in [0.717, 1.165) is 32.2 Å². The Labute approximate surface area is 91.0 Å². The molecule has 14 heavy (non-hydrogen) atoms. The highest BCUT2D eigenvalue weighted by Gasteiger charge is 2.18. The van der Waals surface area contributed by atoms with Crippen molar-refractivity contribution in [2.75, 3.05) is 13.7 Å². The smallest absolute Gasteiger partial charge is 0.406 e. The van der Waals surface area contributed by atoms with Crippen molar-refractivity contribution < 1.29 is 9.53 Å². The van der Waals surface area contributed by atoms with Gasteiger partial charge in [-0.1, -0.05) is 0 Å². The summed E-state index contributed by atoms with van der Waals surface area (Å²) < 4.78 is 4.49. The van der Waals surface area contributed by atoms with Crippen molar-refractivity contribution in [1.29, 1.82) is 0 Å². The molecule has 3 N–H and O–H groups in total. The number of amides is 1. The Balaban J connectivity index is 0.00000169. The van der Waals surface area contributed by atoms with Gasteiger partial charge >= 0.3 is 6.09 Å². The molecule has 4 nitrogen and oxygen atoms in total. The molecule has 0 saturated heterocycles. The summed E-state index contributed by atoms with van der Waals surface area (Å²) in [5, 5.41) is 2.71. The summed E-state index contributed by atoms with van der Waals surface area (Å²) in [6.45, 7) is 0.722. The van der Waals surface area contributed by atoms with Gasteiger partial charge in [0.05, 0.1) is 7.11 Å². The van der Waals surface area contributed by atoms with E-state index in [2.05, 4.69) is 10.1 Å². The molecule has 1 amide bonds. The summed E-state index contributed by atoms with van der Waals surface area (Å²) in [4.78, 5) is 10.8. The first-order chi connectivity index (χ1) is 6.22. The van der Waals surface area contributed by atoms with Crippen LogP contribution >= 0.6 is 12.4 Å². The van der Waals surface area contributed by atoms with Gasteiger partial charge in [-0.2, -0.15) is 0 Å². The predicted octanol–water partition coefficient (Wildman–Crippen LogP) is 1.28. The van der Waals surface area contributed by atoms with Gasteiger partial charge in [-0.3, -0.25) is 0 Å². The SMILES string of the molecule is COC(=O)NCC1CCC(N)CC1.Cl. The van der Waals surface area contributed by atoms with Crippen LogP contribution in [0.1, 0.15) is 25.7 Å². The highest BCUT2D eigenvalue weighted by molar-refractivity contribution is 5.85. The lowest BCUT2D eigenvalue weighted by Crippen LogP contribution is -2.34. The summed E-state index contributed by atoms with van der Waals surface area (Å²) in [7, 11) is 1.38. The maximum atomic E-state index is 10.8. The van der Waals surface area contributed by atoms with Crippen LogP contribution in [0.15, 0.2) is 0 Å². The van der Waals surface area contributed by atoms with E-state index < -0.39 is 0 Å². The van der Waals surface area contributed by atoms with Crippen LogP contribution in [0.4, 0.5) is 4.79 Å². The molecule has 0 radical (unpaired) electrons. The molecule has 0 atom stereocenters.